The van der Waals surface area contributed by atoms with E-state index in [0.717, 1.165) is 12.0 Å². The Morgan fingerprint density at radius 3 is 2.48 bits per heavy atom. The predicted octanol–water partition coefficient (Wildman–Crippen LogP) is 3.23. The van der Waals surface area contributed by atoms with E-state index in [-0.39, 0.29) is 5.78 Å². The molecule has 3 nitrogen and oxygen atoms in total. The quantitative estimate of drug-likeness (QED) is 0.268. The molecule has 2 rings (SSSR count). The fraction of sp³-hybridized carbons (Fsp3) is 0.316. The molecular formula is C19H22N2OS. The molecule has 0 saturated heterocycles. The van der Waals surface area contributed by atoms with Gasteiger partial charge < -0.3 is 17.6 Å². The monoisotopic (exact) mass is 326 g/mol. The second-order valence-corrected chi connectivity index (χ2v) is 5.88. The van der Waals surface area contributed by atoms with Crippen LogP contribution in [0.15, 0.2) is 53.8 Å². The van der Waals surface area contributed by atoms with Crippen molar-refractivity contribution in [3.8, 4) is 0 Å². The van der Waals surface area contributed by atoms with E-state index in [4.69, 9.17) is 12.6 Å². The van der Waals surface area contributed by atoms with Gasteiger partial charge in [0.05, 0.1) is 0 Å². The van der Waals surface area contributed by atoms with Crippen LogP contribution in [-0.2, 0) is 19.0 Å². The van der Waals surface area contributed by atoms with Crippen LogP contribution in [-0.4, -0.2) is 17.4 Å². The molecule has 0 amide bonds. The molecular weight excluding hydrogens is 304 g/mol. The summed E-state index contributed by atoms with van der Waals surface area (Å²) in [4.78, 5) is 17.3. The van der Waals surface area contributed by atoms with Crippen LogP contribution in [0, 0.1) is 6.92 Å². The molecule has 0 unspecified atom stereocenters. The molecule has 0 bridgehead atoms. The number of aliphatic imine (C=N–C) groups is 1. The lowest BCUT2D eigenvalue weighted by atomic mass is 10.0. The van der Waals surface area contributed by atoms with E-state index in [0.29, 0.717) is 17.2 Å². The lowest BCUT2D eigenvalue weighted by Crippen LogP contribution is -2.47. The van der Waals surface area contributed by atoms with Gasteiger partial charge in [-0.1, -0.05) is 31.2 Å². The lowest BCUT2D eigenvalue weighted by Gasteiger charge is -2.18. The Morgan fingerprint density at radius 2 is 1.91 bits per heavy atom. The summed E-state index contributed by atoms with van der Waals surface area (Å²) < 4.78 is 1.85. The van der Waals surface area contributed by atoms with Crippen LogP contribution in [0.4, 0.5) is 0 Å². The molecule has 1 heterocycles. The minimum absolute atomic E-state index is 0.0227. The van der Waals surface area contributed by atoms with Crippen LogP contribution in [0.5, 0.6) is 0 Å². The zero-order valence-corrected chi connectivity index (χ0v) is 14.6. The predicted molar refractivity (Wildman–Crippen MR) is 95.9 cm³/mol. The largest absolute Gasteiger partial charge is 0.758 e. The van der Waals surface area contributed by atoms with Crippen LogP contribution in [0.1, 0.15) is 41.4 Å². The van der Waals surface area contributed by atoms with Crippen molar-refractivity contribution in [2.45, 2.75) is 33.2 Å². The maximum Gasteiger partial charge on any atom is 0.237 e. The van der Waals surface area contributed by atoms with Crippen molar-refractivity contribution in [1.29, 1.82) is 0 Å². The number of pyridine rings is 1. The number of hydrogen-bond donors (Lipinski definition) is 0. The number of rotatable bonds is 6. The number of benzene rings is 1. The number of carbonyl (C=O) groups is 1. The van der Waals surface area contributed by atoms with E-state index in [1.165, 1.54) is 5.56 Å². The van der Waals surface area contributed by atoms with Gasteiger partial charge in [0.1, 0.15) is 0 Å². The molecule has 120 valence electrons. The van der Waals surface area contributed by atoms with Crippen LogP contribution >= 0.6 is 0 Å². The third-order valence-electron chi connectivity index (χ3n) is 3.71. The first-order chi connectivity index (χ1) is 11.1. The van der Waals surface area contributed by atoms with Gasteiger partial charge in [0.25, 0.3) is 0 Å². The molecule has 0 N–H and O–H groups in total. The standard InChI is InChI=1S/C19H22N2OS/c1-4-15-8-10-16(11-9-15)18(22)17(19(23)20-5-2)21-12-6-7-14(3)13-21/h6-13,17H,4-5H2,1-3H3/t17-/m0/s1. The molecule has 0 saturated carbocycles. The first-order valence-corrected chi connectivity index (χ1v) is 8.29. The van der Waals surface area contributed by atoms with Gasteiger partial charge in [-0.25, -0.2) is 0 Å². The van der Waals surface area contributed by atoms with Crippen molar-refractivity contribution >= 4 is 23.5 Å². The zero-order chi connectivity index (χ0) is 16.8. The molecule has 1 aromatic carbocycles. The molecule has 2 aromatic rings. The van der Waals surface area contributed by atoms with Crippen LogP contribution < -0.4 is 4.57 Å². The third kappa shape index (κ3) is 4.23. The highest BCUT2D eigenvalue weighted by Gasteiger charge is 2.28. The fourth-order valence-corrected chi connectivity index (χ4v) is 2.81. The van der Waals surface area contributed by atoms with Gasteiger partial charge in [-0.2, -0.15) is 4.57 Å². The van der Waals surface area contributed by atoms with Crippen molar-refractivity contribution in [1.82, 2.24) is 0 Å². The maximum absolute atomic E-state index is 13.0. The van der Waals surface area contributed by atoms with Gasteiger partial charge in [0, 0.05) is 23.7 Å². The number of carbonyl (C=O) groups excluding carboxylic acids is 1. The average Bonchev–Trinajstić information content (AvgIpc) is 2.55. The van der Waals surface area contributed by atoms with Crippen molar-refractivity contribution < 1.29 is 9.36 Å². The summed E-state index contributed by atoms with van der Waals surface area (Å²) in [5.41, 5.74) is 2.95. The van der Waals surface area contributed by atoms with Crippen LogP contribution in [0.2, 0.25) is 0 Å². The van der Waals surface area contributed by atoms with Crippen molar-refractivity contribution in [2.24, 2.45) is 4.99 Å². The summed E-state index contributed by atoms with van der Waals surface area (Å²) in [7, 11) is 0. The highest BCUT2D eigenvalue weighted by molar-refractivity contribution is 7.77. The van der Waals surface area contributed by atoms with E-state index in [1.54, 1.807) is 0 Å². The number of ketones is 1. The van der Waals surface area contributed by atoms with Gasteiger partial charge in [0.15, 0.2) is 12.4 Å². The lowest BCUT2D eigenvalue weighted by molar-refractivity contribution is -0.692. The number of hydrogen-bond acceptors (Lipinski definition) is 3. The summed E-state index contributed by atoms with van der Waals surface area (Å²) >= 11 is 5.42. The SMILES string of the molecule is CCN=C([S-])[C@H](C(=O)c1ccc(CC)cc1)[n+]1cccc(C)c1. The molecule has 1 aromatic heterocycles. The van der Waals surface area contributed by atoms with E-state index >= 15 is 0 Å². The molecule has 0 aliphatic rings. The average molecular weight is 326 g/mol. The summed E-state index contributed by atoms with van der Waals surface area (Å²) in [6.07, 6.45) is 4.75. The summed E-state index contributed by atoms with van der Waals surface area (Å²) in [5, 5.41) is 0.424. The van der Waals surface area contributed by atoms with Crippen molar-refractivity contribution in [3.63, 3.8) is 0 Å². The fourth-order valence-electron chi connectivity index (χ4n) is 2.46. The maximum atomic E-state index is 13.0. The Kier molecular flexibility index (Phi) is 5.99. The van der Waals surface area contributed by atoms with Gasteiger partial charge >= 0.3 is 0 Å². The van der Waals surface area contributed by atoms with Gasteiger partial charge in [-0.15, -0.1) is 0 Å². The van der Waals surface area contributed by atoms with E-state index in [1.807, 2.05) is 67.2 Å². The highest BCUT2D eigenvalue weighted by Crippen LogP contribution is 2.13. The Morgan fingerprint density at radius 1 is 1.22 bits per heavy atom. The van der Waals surface area contributed by atoms with Crippen molar-refractivity contribution in [3.05, 3.63) is 65.5 Å². The summed E-state index contributed by atoms with van der Waals surface area (Å²) in [6.45, 7) is 6.58. The van der Waals surface area contributed by atoms with Crippen molar-refractivity contribution in [2.75, 3.05) is 6.54 Å². The van der Waals surface area contributed by atoms with Gasteiger partial charge in [-0.3, -0.25) is 4.79 Å². The van der Waals surface area contributed by atoms with E-state index in [9.17, 15) is 4.79 Å². The molecule has 0 aliphatic heterocycles. The Balaban J connectivity index is 2.43. The third-order valence-corrected chi connectivity index (χ3v) is 4.06. The Hall–Kier alpha value is -2.07. The number of aryl methyl sites for hydroxylation is 2. The molecule has 0 fully saturated rings. The second kappa shape index (κ2) is 7.97. The molecule has 23 heavy (non-hydrogen) atoms. The molecule has 0 aliphatic carbocycles. The first kappa shape index (κ1) is 17.3. The highest BCUT2D eigenvalue weighted by atomic mass is 32.1. The summed E-state index contributed by atoms with van der Waals surface area (Å²) in [5.74, 6) is -0.0227. The van der Waals surface area contributed by atoms with Crippen LogP contribution in [0.3, 0.4) is 0 Å². The second-order valence-electron chi connectivity index (χ2n) is 5.46. The smallest absolute Gasteiger partial charge is 0.237 e. The van der Waals surface area contributed by atoms with Gasteiger partial charge in [0.2, 0.25) is 11.8 Å². The number of aromatic nitrogens is 1. The molecule has 1 atom stereocenters. The first-order valence-electron chi connectivity index (χ1n) is 7.88. The van der Waals surface area contributed by atoms with E-state index < -0.39 is 6.04 Å². The number of Topliss-reactive ketones (excluding diaryl/α,β-unsaturated/α-hetero) is 1. The molecule has 0 spiro atoms. The molecule has 4 heteroatoms. The van der Waals surface area contributed by atoms with Crippen LogP contribution in [0.25, 0.3) is 0 Å². The topological polar surface area (TPSA) is 33.3 Å². The van der Waals surface area contributed by atoms with Gasteiger partial charge in [-0.05, 0) is 36.9 Å². The normalized spacial score (nSPS) is 12.9. The minimum Gasteiger partial charge on any atom is -0.758 e. The number of nitrogens with zero attached hydrogens (tertiary/aromatic N) is 2. The summed E-state index contributed by atoms with van der Waals surface area (Å²) in [6, 6.07) is 11.1. The molecule has 0 radical (unpaired) electrons. The Labute approximate surface area is 143 Å². The Bertz CT molecular complexity index is 708. The zero-order valence-electron chi connectivity index (χ0n) is 13.8. The minimum atomic E-state index is -0.572. The van der Waals surface area contributed by atoms with E-state index in [2.05, 4.69) is 11.9 Å².